The van der Waals surface area contributed by atoms with Crippen molar-refractivity contribution in [2.45, 2.75) is 13.5 Å². The Morgan fingerprint density at radius 1 is 1.44 bits per heavy atom. The number of nitrogens with one attached hydrogen (secondary N) is 1. The van der Waals surface area contributed by atoms with Gasteiger partial charge >= 0.3 is 0 Å². The summed E-state index contributed by atoms with van der Waals surface area (Å²) < 4.78 is 0. The topological polar surface area (TPSA) is 67.8 Å². The number of rotatable bonds is 3. The summed E-state index contributed by atoms with van der Waals surface area (Å²) in [7, 11) is 0. The number of halogens is 2. The van der Waals surface area contributed by atoms with Crippen LogP contribution >= 0.6 is 34.5 Å². The maximum absolute atomic E-state index is 11.9. The van der Waals surface area contributed by atoms with Gasteiger partial charge in [0.2, 0.25) is 0 Å². The van der Waals surface area contributed by atoms with E-state index in [-0.39, 0.29) is 21.8 Å². The van der Waals surface area contributed by atoms with Gasteiger partial charge in [0.1, 0.15) is 0 Å². The number of carbonyl (C=O) groups excluding carboxylic acids is 1. The van der Waals surface area contributed by atoms with Crippen LogP contribution in [0.2, 0.25) is 10.3 Å². The van der Waals surface area contributed by atoms with Crippen LogP contribution in [-0.2, 0) is 6.54 Å². The molecule has 2 aromatic rings. The molecule has 0 spiro atoms. The van der Waals surface area contributed by atoms with Gasteiger partial charge in [0.15, 0.2) is 10.3 Å². The average molecular weight is 303 g/mol. The molecule has 0 radical (unpaired) electrons. The molecule has 18 heavy (non-hydrogen) atoms. The van der Waals surface area contributed by atoms with Gasteiger partial charge in [0.25, 0.3) is 5.91 Å². The lowest BCUT2D eigenvalue weighted by molar-refractivity contribution is 0.0951. The predicted molar refractivity (Wildman–Crippen MR) is 70.1 cm³/mol. The number of carbonyl (C=O) groups is 1. The third-order valence-corrected chi connectivity index (χ3v) is 3.62. The van der Waals surface area contributed by atoms with Crippen LogP contribution in [0.3, 0.4) is 0 Å². The zero-order chi connectivity index (χ0) is 13.1. The number of hydrogen-bond acceptors (Lipinski definition) is 5. The number of hydrogen-bond donors (Lipinski definition) is 1. The molecule has 8 heteroatoms. The van der Waals surface area contributed by atoms with Gasteiger partial charge in [0, 0.05) is 4.88 Å². The third-order valence-electron chi connectivity index (χ3n) is 2.22. The van der Waals surface area contributed by atoms with Gasteiger partial charge in [-0.15, -0.1) is 21.5 Å². The van der Waals surface area contributed by atoms with Gasteiger partial charge < -0.3 is 5.32 Å². The van der Waals surface area contributed by atoms with Crippen molar-refractivity contribution in [3.05, 3.63) is 38.0 Å². The fourth-order valence-corrected chi connectivity index (χ4v) is 2.31. The van der Waals surface area contributed by atoms with Crippen molar-refractivity contribution in [2.75, 3.05) is 0 Å². The van der Waals surface area contributed by atoms with Gasteiger partial charge in [-0.25, -0.2) is 4.98 Å². The van der Waals surface area contributed by atoms with Crippen molar-refractivity contribution in [1.29, 1.82) is 0 Å². The van der Waals surface area contributed by atoms with Crippen LogP contribution < -0.4 is 5.32 Å². The SMILES string of the molecule is Cc1ncsc1CNC(=O)c1cc(Cl)nnc1Cl. The van der Waals surface area contributed by atoms with Crippen LogP contribution in [0.25, 0.3) is 0 Å². The molecule has 2 rings (SSSR count). The van der Waals surface area contributed by atoms with Crippen LogP contribution in [0.5, 0.6) is 0 Å². The summed E-state index contributed by atoms with van der Waals surface area (Å²) in [6.45, 7) is 2.28. The molecule has 1 amide bonds. The lowest BCUT2D eigenvalue weighted by Gasteiger charge is -2.05. The molecule has 5 nitrogen and oxygen atoms in total. The van der Waals surface area contributed by atoms with Crippen LogP contribution in [-0.4, -0.2) is 21.1 Å². The zero-order valence-corrected chi connectivity index (χ0v) is 11.6. The first-order valence-corrected chi connectivity index (χ1v) is 6.57. The first kappa shape index (κ1) is 13.2. The summed E-state index contributed by atoms with van der Waals surface area (Å²) in [4.78, 5) is 17.0. The molecule has 0 bridgehead atoms. The van der Waals surface area contributed by atoms with E-state index in [0.29, 0.717) is 6.54 Å². The maximum atomic E-state index is 11.9. The molecule has 0 atom stereocenters. The van der Waals surface area contributed by atoms with E-state index in [1.54, 1.807) is 5.51 Å². The summed E-state index contributed by atoms with van der Waals surface area (Å²) in [6.07, 6.45) is 0. The van der Waals surface area contributed by atoms with E-state index in [4.69, 9.17) is 23.2 Å². The van der Waals surface area contributed by atoms with E-state index >= 15 is 0 Å². The van der Waals surface area contributed by atoms with Crippen molar-refractivity contribution in [3.63, 3.8) is 0 Å². The van der Waals surface area contributed by atoms with E-state index in [0.717, 1.165) is 10.6 Å². The summed E-state index contributed by atoms with van der Waals surface area (Å²) in [5, 5.41) is 10.00. The lowest BCUT2D eigenvalue weighted by Crippen LogP contribution is -2.23. The van der Waals surface area contributed by atoms with Crippen molar-refractivity contribution in [3.8, 4) is 0 Å². The van der Waals surface area contributed by atoms with Crippen molar-refractivity contribution in [2.24, 2.45) is 0 Å². The number of aryl methyl sites for hydroxylation is 1. The highest BCUT2D eigenvalue weighted by Crippen LogP contribution is 2.16. The Balaban J connectivity index is 2.08. The fraction of sp³-hybridized carbons (Fsp3) is 0.200. The molecule has 2 aromatic heterocycles. The molecule has 0 saturated heterocycles. The molecule has 0 saturated carbocycles. The first-order valence-electron chi connectivity index (χ1n) is 4.94. The minimum atomic E-state index is -0.343. The van der Waals surface area contributed by atoms with Crippen LogP contribution in [0, 0.1) is 6.92 Å². The molecule has 94 valence electrons. The van der Waals surface area contributed by atoms with Gasteiger partial charge in [-0.1, -0.05) is 23.2 Å². The molecule has 0 aliphatic heterocycles. The Morgan fingerprint density at radius 3 is 2.89 bits per heavy atom. The molecule has 0 unspecified atom stereocenters. The third kappa shape index (κ3) is 2.95. The smallest absolute Gasteiger partial charge is 0.254 e. The summed E-state index contributed by atoms with van der Waals surface area (Å²) >= 11 is 12.9. The van der Waals surface area contributed by atoms with Crippen molar-refractivity contribution in [1.82, 2.24) is 20.5 Å². The molecule has 0 fully saturated rings. The Labute approximate surface area is 117 Å². The second-order valence-corrected chi connectivity index (χ2v) is 5.10. The van der Waals surface area contributed by atoms with E-state index < -0.39 is 0 Å². The number of thiazole rings is 1. The fourth-order valence-electron chi connectivity index (χ4n) is 1.26. The van der Waals surface area contributed by atoms with E-state index in [1.165, 1.54) is 17.4 Å². The summed E-state index contributed by atoms with van der Waals surface area (Å²) in [6, 6.07) is 1.38. The molecule has 2 heterocycles. The quantitative estimate of drug-likeness (QED) is 0.946. The highest BCUT2D eigenvalue weighted by molar-refractivity contribution is 7.09. The monoisotopic (exact) mass is 302 g/mol. The largest absolute Gasteiger partial charge is 0.347 e. The number of amides is 1. The highest BCUT2D eigenvalue weighted by atomic mass is 35.5. The maximum Gasteiger partial charge on any atom is 0.254 e. The predicted octanol–water partition coefficient (Wildman–Crippen LogP) is 2.48. The zero-order valence-electron chi connectivity index (χ0n) is 9.28. The van der Waals surface area contributed by atoms with Crippen LogP contribution in [0.15, 0.2) is 11.6 Å². The number of aromatic nitrogens is 3. The molecule has 0 aliphatic rings. The van der Waals surface area contributed by atoms with Crippen molar-refractivity contribution < 1.29 is 4.79 Å². The second kappa shape index (κ2) is 5.60. The molecular formula is C10H8Cl2N4OS. The molecule has 0 aliphatic carbocycles. The first-order chi connectivity index (χ1) is 8.58. The molecule has 0 aromatic carbocycles. The van der Waals surface area contributed by atoms with Gasteiger partial charge in [-0.2, -0.15) is 0 Å². The minimum Gasteiger partial charge on any atom is -0.347 e. The van der Waals surface area contributed by atoms with E-state index in [1.807, 2.05) is 6.92 Å². The Morgan fingerprint density at radius 2 is 2.22 bits per heavy atom. The Bertz CT molecular complexity index is 587. The summed E-state index contributed by atoms with van der Waals surface area (Å²) in [5.41, 5.74) is 2.84. The average Bonchev–Trinajstić information content (AvgIpc) is 2.75. The van der Waals surface area contributed by atoms with Crippen molar-refractivity contribution >= 4 is 40.4 Å². The summed E-state index contributed by atoms with van der Waals surface area (Å²) in [5.74, 6) is -0.343. The van der Waals surface area contributed by atoms with Crippen LogP contribution in [0.4, 0.5) is 0 Å². The molecular weight excluding hydrogens is 295 g/mol. The van der Waals surface area contributed by atoms with E-state index in [9.17, 15) is 4.79 Å². The number of nitrogens with zero attached hydrogens (tertiary/aromatic N) is 3. The Kier molecular flexibility index (Phi) is 4.11. The minimum absolute atomic E-state index is 0.0259. The standard InChI is InChI=1S/C10H8Cl2N4OS/c1-5-7(18-4-14-5)3-13-10(17)6-2-8(11)15-16-9(6)12/h2,4H,3H2,1H3,(H,13,17). The van der Waals surface area contributed by atoms with Gasteiger partial charge in [-0.3, -0.25) is 4.79 Å². The highest BCUT2D eigenvalue weighted by Gasteiger charge is 2.13. The van der Waals surface area contributed by atoms with E-state index in [2.05, 4.69) is 20.5 Å². The Hall–Kier alpha value is -1.24. The second-order valence-electron chi connectivity index (χ2n) is 3.42. The van der Waals surface area contributed by atoms with Gasteiger partial charge in [-0.05, 0) is 13.0 Å². The molecule has 1 N–H and O–H groups in total. The van der Waals surface area contributed by atoms with Gasteiger partial charge in [0.05, 0.1) is 23.3 Å². The van der Waals surface area contributed by atoms with Crippen LogP contribution in [0.1, 0.15) is 20.9 Å². The normalized spacial score (nSPS) is 10.4. The lowest BCUT2D eigenvalue weighted by atomic mass is 10.3.